The highest BCUT2D eigenvalue weighted by Crippen LogP contribution is 2.37. The number of nitrogens with zero attached hydrogens (tertiary/aromatic N) is 6. The van der Waals surface area contributed by atoms with Crippen LogP contribution in [-0.2, 0) is 4.74 Å². The number of anilines is 1. The van der Waals surface area contributed by atoms with Crippen molar-refractivity contribution in [3.05, 3.63) is 40.1 Å². The molecule has 2 atom stereocenters. The molecule has 2 fully saturated rings. The van der Waals surface area contributed by atoms with Gasteiger partial charge in [0.1, 0.15) is 11.7 Å². The lowest BCUT2D eigenvalue weighted by Crippen LogP contribution is -2.37. The van der Waals surface area contributed by atoms with Crippen LogP contribution in [0.5, 0.6) is 0 Å². The van der Waals surface area contributed by atoms with E-state index in [0.29, 0.717) is 33.8 Å². The molecule has 4 aromatic rings. The summed E-state index contributed by atoms with van der Waals surface area (Å²) in [5, 5.41) is 3.56. The third-order valence-corrected chi connectivity index (χ3v) is 7.37. The number of rotatable bonds is 4. The van der Waals surface area contributed by atoms with Crippen LogP contribution in [0, 0.1) is 0 Å². The van der Waals surface area contributed by atoms with Gasteiger partial charge in [-0.15, -0.1) is 11.3 Å². The molecule has 0 amide bonds. The fourth-order valence-corrected chi connectivity index (χ4v) is 5.63. The van der Waals surface area contributed by atoms with E-state index in [1.165, 1.54) is 5.01 Å². The number of thiazole rings is 1. The molecule has 2 unspecified atom stereocenters. The molecule has 0 bridgehead atoms. The summed E-state index contributed by atoms with van der Waals surface area (Å²) >= 11 is 8.34. The molecule has 8 nitrogen and oxygen atoms in total. The predicted octanol–water partition coefficient (Wildman–Crippen LogP) is 5.28. The standard InChI is InChI=1S/C22H23ClN6O2S/c23-18-17-20(27-19(26-18)15-6-4-11-30-15)29(16-7-1-2-10-31-16)22(25-17)28-9-3-5-14(13-28)21-24-8-12-32-21/h4,6,8,11-12,14,16H,1-3,5,7,9-10,13H2. The first-order valence-electron chi connectivity index (χ1n) is 11.0. The number of aromatic nitrogens is 5. The van der Waals surface area contributed by atoms with Crippen LogP contribution >= 0.6 is 22.9 Å². The molecule has 0 N–H and O–H groups in total. The van der Waals surface area contributed by atoms with Crippen molar-refractivity contribution < 1.29 is 9.15 Å². The maximum atomic E-state index is 6.62. The molecule has 0 radical (unpaired) electrons. The largest absolute Gasteiger partial charge is 0.461 e. The van der Waals surface area contributed by atoms with Crippen LogP contribution in [0.4, 0.5) is 5.95 Å². The zero-order valence-corrected chi connectivity index (χ0v) is 19.1. The molecule has 32 heavy (non-hydrogen) atoms. The summed E-state index contributed by atoms with van der Waals surface area (Å²) < 4.78 is 13.8. The average Bonchev–Trinajstić information content (AvgIpc) is 3.61. The molecule has 10 heteroatoms. The van der Waals surface area contributed by atoms with Gasteiger partial charge in [0.15, 0.2) is 22.4 Å². The smallest absolute Gasteiger partial charge is 0.210 e. The number of hydrogen-bond donors (Lipinski definition) is 0. The minimum Gasteiger partial charge on any atom is -0.461 e. The molecule has 0 aromatic carbocycles. The molecular weight excluding hydrogens is 448 g/mol. The maximum Gasteiger partial charge on any atom is 0.210 e. The van der Waals surface area contributed by atoms with Crippen LogP contribution in [0.3, 0.4) is 0 Å². The number of imidazole rings is 1. The number of halogens is 1. The quantitative estimate of drug-likeness (QED) is 0.375. The Bertz CT molecular complexity index is 1200. The van der Waals surface area contributed by atoms with Gasteiger partial charge in [-0.05, 0) is 44.2 Å². The Kier molecular flexibility index (Phi) is 5.32. The highest BCUT2D eigenvalue weighted by molar-refractivity contribution is 7.09. The fourth-order valence-electron chi connectivity index (χ4n) is 4.66. The Hall–Kier alpha value is -2.49. The van der Waals surface area contributed by atoms with Crippen LogP contribution in [0.15, 0.2) is 34.4 Å². The molecule has 166 valence electrons. The highest BCUT2D eigenvalue weighted by atomic mass is 35.5. The van der Waals surface area contributed by atoms with Crippen LogP contribution in [0.25, 0.3) is 22.7 Å². The Labute approximate surface area is 194 Å². The van der Waals surface area contributed by atoms with E-state index in [0.717, 1.165) is 57.7 Å². The van der Waals surface area contributed by atoms with Crippen molar-refractivity contribution in [3.8, 4) is 11.6 Å². The van der Waals surface area contributed by atoms with Crippen molar-refractivity contribution in [2.45, 2.75) is 44.2 Å². The first-order valence-corrected chi connectivity index (χ1v) is 12.3. The van der Waals surface area contributed by atoms with Crippen LogP contribution in [-0.4, -0.2) is 44.2 Å². The van der Waals surface area contributed by atoms with Crippen molar-refractivity contribution in [1.82, 2.24) is 24.5 Å². The second kappa shape index (κ2) is 8.46. The number of piperidine rings is 1. The molecule has 2 saturated heterocycles. The fraction of sp³-hybridized carbons (Fsp3) is 0.455. The second-order valence-corrected chi connectivity index (χ2v) is 9.53. The van der Waals surface area contributed by atoms with Gasteiger partial charge in [0.05, 0.1) is 11.3 Å². The lowest BCUT2D eigenvalue weighted by molar-refractivity contribution is -0.0290. The minimum atomic E-state index is -0.126. The molecule has 0 saturated carbocycles. The molecule has 6 rings (SSSR count). The van der Waals surface area contributed by atoms with Crippen LogP contribution < -0.4 is 4.90 Å². The average molecular weight is 471 g/mol. The van der Waals surface area contributed by atoms with E-state index in [1.807, 2.05) is 23.7 Å². The first kappa shape index (κ1) is 20.1. The summed E-state index contributed by atoms with van der Waals surface area (Å²) in [7, 11) is 0. The second-order valence-electron chi connectivity index (χ2n) is 8.25. The van der Waals surface area contributed by atoms with Crippen LogP contribution in [0.2, 0.25) is 5.15 Å². The van der Waals surface area contributed by atoms with E-state index in [1.54, 1.807) is 17.6 Å². The molecule has 0 aliphatic carbocycles. The van der Waals surface area contributed by atoms with Gasteiger partial charge in [0, 0.05) is 37.2 Å². The van der Waals surface area contributed by atoms with Crippen molar-refractivity contribution in [2.24, 2.45) is 0 Å². The van der Waals surface area contributed by atoms with E-state index in [9.17, 15) is 0 Å². The van der Waals surface area contributed by atoms with Gasteiger partial charge in [-0.25, -0.2) is 19.9 Å². The number of furan rings is 1. The third kappa shape index (κ3) is 3.58. The number of fused-ring (bicyclic) bond motifs is 1. The van der Waals surface area contributed by atoms with Gasteiger partial charge in [-0.3, -0.25) is 4.57 Å². The molecule has 2 aliphatic rings. The molecular formula is C22H23ClN6O2S. The van der Waals surface area contributed by atoms with E-state index in [-0.39, 0.29) is 6.23 Å². The van der Waals surface area contributed by atoms with Crippen molar-refractivity contribution in [3.63, 3.8) is 0 Å². The van der Waals surface area contributed by atoms with Gasteiger partial charge in [-0.1, -0.05) is 11.6 Å². The number of ether oxygens (including phenoxy) is 1. The summed E-state index contributed by atoms with van der Waals surface area (Å²) in [5.74, 6) is 2.27. The Morgan fingerprint density at radius 1 is 1.12 bits per heavy atom. The molecule has 6 heterocycles. The van der Waals surface area contributed by atoms with Gasteiger partial charge in [0.25, 0.3) is 0 Å². The Balaban J connectivity index is 1.47. The zero-order valence-electron chi connectivity index (χ0n) is 17.5. The monoisotopic (exact) mass is 470 g/mol. The summed E-state index contributed by atoms with van der Waals surface area (Å²) in [6.07, 6.45) is 8.67. The number of hydrogen-bond acceptors (Lipinski definition) is 8. The van der Waals surface area contributed by atoms with Crippen molar-refractivity contribution in [2.75, 3.05) is 24.6 Å². The van der Waals surface area contributed by atoms with E-state index < -0.39 is 0 Å². The summed E-state index contributed by atoms with van der Waals surface area (Å²) in [5.41, 5.74) is 1.29. The third-order valence-electron chi connectivity index (χ3n) is 6.17. The van der Waals surface area contributed by atoms with E-state index in [2.05, 4.69) is 19.4 Å². The maximum absolute atomic E-state index is 6.62. The molecule has 0 spiro atoms. The predicted molar refractivity (Wildman–Crippen MR) is 123 cm³/mol. The molecule has 2 aliphatic heterocycles. The summed E-state index contributed by atoms with van der Waals surface area (Å²) in [4.78, 5) is 21.1. The Morgan fingerprint density at radius 2 is 2.09 bits per heavy atom. The van der Waals surface area contributed by atoms with E-state index in [4.69, 9.17) is 30.7 Å². The van der Waals surface area contributed by atoms with E-state index >= 15 is 0 Å². The molecule has 4 aromatic heterocycles. The summed E-state index contributed by atoms with van der Waals surface area (Å²) in [6.45, 7) is 2.52. The first-order chi connectivity index (χ1) is 15.8. The lowest BCUT2D eigenvalue weighted by Gasteiger charge is -2.34. The SMILES string of the molecule is Clc1nc(-c2ccco2)nc2c1nc(N1CCCC(c3nccs3)C1)n2C1CCCCO1. The van der Waals surface area contributed by atoms with Crippen molar-refractivity contribution in [1.29, 1.82) is 0 Å². The highest BCUT2D eigenvalue weighted by Gasteiger charge is 2.31. The minimum absolute atomic E-state index is 0.126. The lowest BCUT2D eigenvalue weighted by atomic mass is 9.99. The summed E-state index contributed by atoms with van der Waals surface area (Å²) in [6, 6.07) is 3.65. The normalized spacial score (nSPS) is 22.0. The zero-order chi connectivity index (χ0) is 21.5. The van der Waals surface area contributed by atoms with Gasteiger partial charge < -0.3 is 14.1 Å². The Morgan fingerprint density at radius 3 is 2.88 bits per heavy atom. The van der Waals surface area contributed by atoms with Crippen LogP contribution in [0.1, 0.15) is 49.3 Å². The van der Waals surface area contributed by atoms with Gasteiger partial charge >= 0.3 is 0 Å². The van der Waals surface area contributed by atoms with Crippen molar-refractivity contribution >= 4 is 40.0 Å². The topological polar surface area (TPSA) is 82.1 Å². The van der Waals surface area contributed by atoms with Gasteiger partial charge in [-0.2, -0.15) is 0 Å². The van der Waals surface area contributed by atoms with Gasteiger partial charge in [0.2, 0.25) is 5.95 Å².